The number of hydrogen-bond donors (Lipinski definition) is 2. The molecule has 1 saturated heterocycles. The van der Waals surface area contributed by atoms with E-state index in [2.05, 4.69) is 14.9 Å². The molecule has 0 amide bonds. The smallest absolute Gasteiger partial charge is 0.251 e. The van der Waals surface area contributed by atoms with Crippen LogP contribution < -0.4 is 10.3 Å². The molecule has 1 aromatic carbocycles. The summed E-state index contributed by atoms with van der Waals surface area (Å²) in [4.78, 5) is 21.0. The number of aromatic nitrogens is 2. The van der Waals surface area contributed by atoms with Gasteiger partial charge in [-0.3, -0.25) is 9.69 Å². The lowest BCUT2D eigenvalue weighted by Gasteiger charge is -2.32. The number of aryl methyl sites for hydroxylation is 1. The monoisotopic (exact) mass is 345 g/mol. The first-order valence-electron chi connectivity index (χ1n) is 8.38. The zero-order valence-electron chi connectivity index (χ0n) is 14.3. The summed E-state index contributed by atoms with van der Waals surface area (Å²) >= 11 is 0. The Labute approximate surface area is 146 Å². The van der Waals surface area contributed by atoms with Crippen LogP contribution in [-0.2, 0) is 11.3 Å². The van der Waals surface area contributed by atoms with Crippen LogP contribution in [0, 0.1) is 6.92 Å². The van der Waals surface area contributed by atoms with E-state index in [1.807, 2.05) is 24.3 Å². The summed E-state index contributed by atoms with van der Waals surface area (Å²) in [5.41, 5.74) is 1.65. The summed E-state index contributed by atoms with van der Waals surface area (Å²) in [5, 5.41) is 8.86. The van der Waals surface area contributed by atoms with Gasteiger partial charge in [0, 0.05) is 25.7 Å². The molecule has 25 heavy (non-hydrogen) atoms. The van der Waals surface area contributed by atoms with Crippen LogP contribution in [-0.4, -0.2) is 52.9 Å². The average molecular weight is 345 g/mol. The highest BCUT2D eigenvalue weighted by Gasteiger charge is 2.23. The fraction of sp³-hybridized carbons (Fsp3) is 0.444. The molecule has 0 radical (unpaired) electrons. The predicted octanol–water partition coefficient (Wildman–Crippen LogP) is 1.02. The number of morpholine rings is 1. The second-order valence-corrected chi connectivity index (χ2v) is 6.07. The number of benzene rings is 1. The minimum atomic E-state index is -0.205. The number of nitrogens with one attached hydrogen (secondary N) is 1. The minimum Gasteiger partial charge on any atom is -0.491 e. The lowest BCUT2D eigenvalue weighted by molar-refractivity contribution is -0.0351. The first-order valence-corrected chi connectivity index (χ1v) is 8.38. The summed E-state index contributed by atoms with van der Waals surface area (Å²) in [6.45, 7) is 4.91. The van der Waals surface area contributed by atoms with Crippen molar-refractivity contribution in [1.29, 1.82) is 0 Å². The second kappa shape index (κ2) is 8.24. The first kappa shape index (κ1) is 17.6. The zero-order valence-corrected chi connectivity index (χ0v) is 14.3. The molecule has 134 valence electrons. The number of aliphatic hydroxyl groups excluding tert-OH is 1. The Morgan fingerprint density at radius 3 is 3.12 bits per heavy atom. The van der Waals surface area contributed by atoms with Gasteiger partial charge in [0.2, 0.25) is 0 Å². The number of H-pyrrole nitrogens is 1. The molecular weight excluding hydrogens is 322 g/mol. The molecule has 0 spiro atoms. The lowest BCUT2D eigenvalue weighted by atomic mass is 10.1. The standard InChI is InChI=1S/C18H23N3O4/c1-13-19-16(10-18(23)20-13)17-12-21(5-7-25-17)11-14-3-2-4-15(9-14)24-8-6-22/h2-4,9-10,17,22H,5-8,11-12H2,1H3,(H,19,20,23). The molecule has 0 saturated carbocycles. The fourth-order valence-electron chi connectivity index (χ4n) is 2.95. The Morgan fingerprint density at radius 2 is 2.32 bits per heavy atom. The summed E-state index contributed by atoms with van der Waals surface area (Å²) in [6, 6.07) is 9.36. The Balaban J connectivity index is 1.66. The topological polar surface area (TPSA) is 87.7 Å². The molecule has 2 aromatic rings. The maximum absolute atomic E-state index is 11.7. The number of rotatable bonds is 6. The quantitative estimate of drug-likeness (QED) is 0.813. The largest absolute Gasteiger partial charge is 0.491 e. The van der Waals surface area contributed by atoms with E-state index < -0.39 is 0 Å². The van der Waals surface area contributed by atoms with Crippen LogP contribution >= 0.6 is 0 Å². The molecular formula is C18H23N3O4. The van der Waals surface area contributed by atoms with Crippen LogP contribution in [0.3, 0.4) is 0 Å². The molecule has 2 N–H and O–H groups in total. The van der Waals surface area contributed by atoms with E-state index in [0.717, 1.165) is 24.4 Å². The van der Waals surface area contributed by atoms with Crippen LogP contribution in [0.5, 0.6) is 5.75 Å². The van der Waals surface area contributed by atoms with E-state index >= 15 is 0 Å². The third kappa shape index (κ3) is 4.88. The van der Waals surface area contributed by atoms with Gasteiger partial charge in [-0.15, -0.1) is 0 Å². The molecule has 3 rings (SSSR count). The summed E-state index contributed by atoms with van der Waals surface area (Å²) in [7, 11) is 0. The maximum atomic E-state index is 11.7. The van der Waals surface area contributed by atoms with Crippen LogP contribution in [0.1, 0.15) is 23.2 Å². The van der Waals surface area contributed by atoms with Crippen LogP contribution in [0.4, 0.5) is 0 Å². The van der Waals surface area contributed by atoms with Crippen molar-refractivity contribution in [1.82, 2.24) is 14.9 Å². The van der Waals surface area contributed by atoms with Gasteiger partial charge in [-0.1, -0.05) is 12.1 Å². The molecule has 1 fully saturated rings. The highest BCUT2D eigenvalue weighted by molar-refractivity contribution is 5.28. The number of hydrogen-bond acceptors (Lipinski definition) is 6. The molecule has 2 heterocycles. The van der Waals surface area contributed by atoms with E-state index in [0.29, 0.717) is 24.7 Å². The van der Waals surface area contributed by atoms with Crippen molar-refractivity contribution >= 4 is 0 Å². The Morgan fingerprint density at radius 1 is 1.44 bits per heavy atom. The highest BCUT2D eigenvalue weighted by Crippen LogP contribution is 2.22. The SMILES string of the molecule is Cc1nc(C2CN(Cc3cccc(OCCO)c3)CCO2)cc(=O)[nH]1. The number of aliphatic hydroxyl groups is 1. The molecule has 7 heteroatoms. The van der Waals surface area contributed by atoms with Gasteiger partial charge in [0.25, 0.3) is 5.56 Å². The Hall–Kier alpha value is -2.22. The third-order valence-corrected chi connectivity index (χ3v) is 4.02. The summed E-state index contributed by atoms with van der Waals surface area (Å²) in [5.74, 6) is 1.35. The molecule has 1 unspecified atom stereocenters. The van der Waals surface area contributed by atoms with Gasteiger partial charge >= 0.3 is 0 Å². The fourth-order valence-corrected chi connectivity index (χ4v) is 2.95. The highest BCUT2D eigenvalue weighted by atomic mass is 16.5. The van der Waals surface area contributed by atoms with E-state index in [1.165, 1.54) is 6.07 Å². The van der Waals surface area contributed by atoms with Gasteiger partial charge in [-0.2, -0.15) is 0 Å². The van der Waals surface area contributed by atoms with Crippen LogP contribution in [0.15, 0.2) is 35.1 Å². The minimum absolute atomic E-state index is 0.00199. The molecule has 1 aliphatic rings. The number of nitrogens with zero attached hydrogens (tertiary/aromatic N) is 2. The molecule has 1 aliphatic heterocycles. The Kier molecular flexibility index (Phi) is 5.80. The molecule has 0 aliphatic carbocycles. The van der Waals surface area contributed by atoms with Gasteiger partial charge in [-0.05, 0) is 24.6 Å². The van der Waals surface area contributed by atoms with Gasteiger partial charge in [0.1, 0.15) is 24.3 Å². The lowest BCUT2D eigenvalue weighted by Crippen LogP contribution is -2.38. The Bertz CT molecular complexity index is 762. The van der Waals surface area contributed by atoms with Crippen molar-refractivity contribution in [3.8, 4) is 5.75 Å². The first-order chi connectivity index (χ1) is 12.1. The number of aromatic amines is 1. The average Bonchev–Trinajstić information content (AvgIpc) is 2.60. The second-order valence-electron chi connectivity index (χ2n) is 6.07. The molecule has 1 aromatic heterocycles. The predicted molar refractivity (Wildman–Crippen MR) is 92.6 cm³/mol. The molecule has 7 nitrogen and oxygen atoms in total. The maximum Gasteiger partial charge on any atom is 0.251 e. The van der Waals surface area contributed by atoms with Crippen molar-refractivity contribution in [2.24, 2.45) is 0 Å². The zero-order chi connectivity index (χ0) is 17.6. The van der Waals surface area contributed by atoms with Gasteiger partial charge in [0.05, 0.1) is 18.9 Å². The molecule has 0 bridgehead atoms. The van der Waals surface area contributed by atoms with Crippen molar-refractivity contribution in [3.63, 3.8) is 0 Å². The van der Waals surface area contributed by atoms with E-state index in [1.54, 1.807) is 6.92 Å². The van der Waals surface area contributed by atoms with Crippen molar-refractivity contribution < 1.29 is 14.6 Å². The van der Waals surface area contributed by atoms with Crippen LogP contribution in [0.25, 0.3) is 0 Å². The summed E-state index contributed by atoms with van der Waals surface area (Å²) < 4.78 is 11.3. The van der Waals surface area contributed by atoms with Crippen molar-refractivity contribution in [2.45, 2.75) is 19.6 Å². The van der Waals surface area contributed by atoms with Crippen LogP contribution in [0.2, 0.25) is 0 Å². The van der Waals surface area contributed by atoms with Gasteiger partial charge < -0.3 is 19.6 Å². The summed E-state index contributed by atoms with van der Waals surface area (Å²) in [6.07, 6.45) is -0.205. The van der Waals surface area contributed by atoms with E-state index in [4.69, 9.17) is 14.6 Å². The number of ether oxygens (including phenoxy) is 2. The molecule has 1 atom stereocenters. The van der Waals surface area contributed by atoms with Crippen molar-refractivity contribution in [2.75, 3.05) is 32.9 Å². The van der Waals surface area contributed by atoms with E-state index in [9.17, 15) is 4.79 Å². The van der Waals surface area contributed by atoms with Gasteiger partial charge in [0.15, 0.2) is 0 Å². The third-order valence-electron chi connectivity index (χ3n) is 4.02. The van der Waals surface area contributed by atoms with Gasteiger partial charge in [-0.25, -0.2) is 4.98 Å². The van der Waals surface area contributed by atoms with E-state index in [-0.39, 0.29) is 24.9 Å². The normalized spacial score (nSPS) is 18.2. The van der Waals surface area contributed by atoms with Crippen molar-refractivity contribution in [3.05, 3.63) is 57.8 Å².